The van der Waals surface area contributed by atoms with E-state index < -0.39 is 6.04 Å². The number of hydrogen-bond acceptors (Lipinski definition) is 2. The maximum atomic E-state index is 11.9. The molecule has 0 unspecified atom stereocenters. The van der Waals surface area contributed by atoms with Crippen molar-refractivity contribution in [3.63, 3.8) is 0 Å². The first kappa shape index (κ1) is 14.9. The Morgan fingerprint density at radius 1 is 1.25 bits per heavy atom. The van der Waals surface area contributed by atoms with Gasteiger partial charge in [-0.2, -0.15) is 0 Å². The van der Waals surface area contributed by atoms with Crippen molar-refractivity contribution in [1.29, 1.82) is 0 Å². The molecule has 0 saturated heterocycles. The van der Waals surface area contributed by atoms with Gasteiger partial charge in [0.25, 0.3) is 0 Å². The first-order valence-corrected chi connectivity index (χ1v) is 5.12. The van der Waals surface area contributed by atoms with Crippen molar-refractivity contribution in [2.45, 2.75) is 19.9 Å². The monoisotopic (exact) mass is 242 g/mol. The number of benzene rings is 1. The third-order valence-corrected chi connectivity index (χ3v) is 2.48. The van der Waals surface area contributed by atoms with Gasteiger partial charge in [-0.1, -0.05) is 32.0 Å². The van der Waals surface area contributed by atoms with Gasteiger partial charge in [0.2, 0.25) is 5.91 Å². The van der Waals surface area contributed by atoms with Crippen LogP contribution in [-0.4, -0.2) is 19.0 Å². The quantitative estimate of drug-likeness (QED) is 0.882. The topological polar surface area (TPSA) is 46.3 Å². The highest BCUT2D eigenvalue weighted by Gasteiger charge is 2.21. The van der Waals surface area contributed by atoms with E-state index in [0.717, 1.165) is 5.69 Å². The van der Waals surface area contributed by atoms with Gasteiger partial charge < -0.3 is 10.6 Å². The van der Waals surface area contributed by atoms with E-state index in [4.69, 9.17) is 5.73 Å². The lowest BCUT2D eigenvalue weighted by Gasteiger charge is -2.23. The molecule has 0 aliphatic heterocycles. The fourth-order valence-electron chi connectivity index (χ4n) is 1.29. The van der Waals surface area contributed by atoms with Crippen LogP contribution in [-0.2, 0) is 4.79 Å². The number of halogens is 1. The molecule has 1 amide bonds. The molecule has 1 aromatic carbocycles. The van der Waals surface area contributed by atoms with Gasteiger partial charge in [0.15, 0.2) is 0 Å². The molecule has 16 heavy (non-hydrogen) atoms. The Morgan fingerprint density at radius 3 is 2.19 bits per heavy atom. The molecule has 0 aromatic heterocycles. The van der Waals surface area contributed by atoms with Gasteiger partial charge in [-0.3, -0.25) is 4.79 Å². The number of rotatable bonds is 3. The molecule has 0 spiro atoms. The van der Waals surface area contributed by atoms with Crippen LogP contribution in [0, 0.1) is 5.92 Å². The molecule has 3 nitrogen and oxygen atoms in total. The predicted molar refractivity (Wildman–Crippen MR) is 69.9 cm³/mol. The van der Waals surface area contributed by atoms with Gasteiger partial charge in [-0.25, -0.2) is 0 Å². The Morgan fingerprint density at radius 2 is 1.75 bits per heavy atom. The Kier molecular flexibility index (Phi) is 6.08. The van der Waals surface area contributed by atoms with Crippen molar-refractivity contribution in [2.75, 3.05) is 11.9 Å². The summed E-state index contributed by atoms with van der Waals surface area (Å²) in [6, 6.07) is 9.08. The summed E-state index contributed by atoms with van der Waals surface area (Å²) in [5.74, 6) is 0.111. The standard InChI is InChI=1S/C12H18N2O.ClH/c1-9(2)11(13)12(15)14(3)10-7-5-4-6-8-10;/h4-9,11H,13H2,1-3H3;1H/t11-;/m1./s1. The summed E-state index contributed by atoms with van der Waals surface area (Å²) in [5.41, 5.74) is 6.68. The maximum absolute atomic E-state index is 11.9. The Balaban J connectivity index is 0.00000225. The van der Waals surface area contributed by atoms with Crippen LogP contribution in [0.2, 0.25) is 0 Å². The summed E-state index contributed by atoms with van der Waals surface area (Å²) in [6.45, 7) is 3.89. The zero-order valence-electron chi connectivity index (χ0n) is 9.88. The molecular formula is C12H19ClN2O. The van der Waals surface area contributed by atoms with Crippen molar-refractivity contribution >= 4 is 24.0 Å². The smallest absolute Gasteiger partial charge is 0.243 e. The molecule has 1 rings (SSSR count). The second kappa shape index (κ2) is 6.51. The molecule has 0 fully saturated rings. The third kappa shape index (κ3) is 3.51. The first-order chi connectivity index (χ1) is 7.04. The minimum atomic E-state index is -0.435. The largest absolute Gasteiger partial charge is 0.320 e. The van der Waals surface area contributed by atoms with Crippen LogP contribution in [0.15, 0.2) is 30.3 Å². The average molecular weight is 243 g/mol. The fraction of sp³-hybridized carbons (Fsp3) is 0.417. The predicted octanol–water partition coefficient (Wildman–Crippen LogP) is 2.05. The normalized spacial score (nSPS) is 11.8. The van der Waals surface area contributed by atoms with E-state index in [0.29, 0.717) is 0 Å². The molecule has 90 valence electrons. The minimum Gasteiger partial charge on any atom is -0.320 e. The lowest BCUT2D eigenvalue weighted by atomic mass is 10.0. The van der Waals surface area contributed by atoms with E-state index in [9.17, 15) is 4.79 Å². The van der Waals surface area contributed by atoms with Crippen LogP contribution in [0.4, 0.5) is 5.69 Å². The van der Waals surface area contributed by atoms with E-state index in [-0.39, 0.29) is 24.2 Å². The van der Waals surface area contributed by atoms with Crippen molar-refractivity contribution in [1.82, 2.24) is 0 Å². The van der Waals surface area contributed by atoms with E-state index in [1.165, 1.54) is 0 Å². The Hall–Kier alpha value is -1.06. The van der Waals surface area contributed by atoms with E-state index >= 15 is 0 Å². The van der Waals surface area contributed by atoms with Crippen molar-refractivity contribution in [3.8, 4) is 0 Å². The van der Waals surface area contributed by atoms with Crippen LogP contribution in [0.3, 0.4) is 0 Å². The number of carbonyl (C=O) groups excluding carboxylic acids is 1. The van der Waals surface area contributed by atoms with Gasteiger partial charge >= 0.3 is 0 Å². The molecule has 0 saturated carbocycles. The number of amides is 1. The number of nitrogens with two attached hydrogens (primary N) is 1. The molecular weight excluding hydrogens is 224 g/mol. The third-order valence-electron chi connectivity index (χ3n) is 2.48. The van der Waals surface area contributed by atoms with Crippen molar-refractivity contribution in [2.24, 2.45) is 11.7 Å². The molecule has 2 N–H and O–H groups in total. The SMILES string of the molecule is CC(C)[C@@H](N)C(=O)N(C)c1ccccc1.Cl. The summed E-state index contributed by atoms with van der Waals surface area (Å²) in [5, 5.41) is 0. The van der Waals surface area contributed by atoms with Gasteiger partial charge in [-0.15, -0.1) is 12.4 Å². The molecule has 0 radical (unpaired) electrons. The molecule has 0 bridgehead atoms. The Labute approximate surface area is 103 Å². The van der Waals surface area contributed by atoms with Gasteiger partial charge in [0.05, 0.1) is 6.04 Å². The lowest BCUT2D eigenvalue weighted by Crippen LogP contribution is -2.44. The van der Waals surface area contributed by atoms with Crippen LogP contribution >= 0.6 is 12.4 Å². The number of para-hydroxylation sites is 1. The Bertz CT molecular complexity index is 327. The number of anilines is 1. The minimum absolute atomic E-state index is 0. The van der Waals surface area contributed by atoms with Gasteiger partial charge in [-0.05, 0) is 18.1 Å². The lowest BCUT2D eigenvalue weighted by molar-refractivity contribution is -0.120. The van der Waals surface area contributed by atoms with Crippen LogP contribution in [0.5, 0.6) is 0 Å². The van der Waals surface area contributed by atoms with Crippen LogP contribution in [0.25, 0.3) is 0 Å². The van der Waals surface area contributed by atoms with E-state index in [1.807, 2.05) is 44.2 Å². The number of carbonyl (C=O) groups is 1. The summed E-state index contributed by atoms with van der Waals surface area (Å²) in [7, 11) is 1.75. The number of likely N-dealkylation sites (N-methyl/N-ethyl adjacent to an activating group) is 1. The molecule has 1 atom stereocenters. The highest BCUT2D eigenvalue weighted by molar-refractivity contribution is 5.96. The van der Waals surface area contributed by atoms with E-state index in [1.54, 1.807) is 11.9 Å². The molecule has 4 heteroatoms. The van der Waals surface area contributed by atoms with Crippen molar-refractivity contribution in [3.05, 3.63) is 30.3 Å². The van der Waals surface area contributed by atoms with Crippen molar-refractivity contribution < 1.29 is 4.79 Å². The van der Waals surface area contributed by atoms with Gasteiger partial charge in [0.1, 0.15) is 0 Å². The van der Waals surface area contributed by atoms with E-state index in [2.05, 4.69) is 0 Å². The zero-order chi connectivity index (χ0) is 11.4. The second-order valence-corrected chi connectivity index (χ2v) is 4.00. The summed E-state index contributed by atoms with van der Waals surface area (Å²) < 4.78 is 0. The maximum Gasteiger partial charge on any atom is 0.243 e. The molecule has 0 heterocycles. The number of nitrogens with zero attached hydrogens (tertiary/aromatic N) is 1. The van der Waals surface area contributed by atoms with Crippen LogP contribution in [0.1, 0.15) is 13.8 Å². The molecule has 0 aliphatic rings. The summed E-state index contributed by atoms with van der Waals surface area (Å²) in [4.78, 5) is 13.5. The fourth-order valence-corrected chi connectivity index (χ4v) is 1.29. The highest BCUT2D eigenvalue weighted by atomic mass is 35.5. The summed E-state index contributed by atoms with van der Waals surface area (Å²) in [6.07, 6.45) is 0. The zero-order valence-corrected chi connectivity index (χ0v) is 10.7. The average Bonchev–Trinajstić information content (AvgIpc) is 2.27. The molecule has 1 aromatic rings. The second-order valence-electron chi connectivity index (χ2n) is 4.00. The van der Waals surface area contributed by atoms with Crippen LogP contribution < -0.4 is 10.6 Å². The highest BCUT2D eigenvalue weighted by Crippen LogP contribution is 2.13. The first-order valence-electron chi connectivity index (χ1n) is 5.12. The van der Waals surface area contributed by atoms with Gasteiger partial charge in [0, 0.05) is 12.7 Å². The molecule has 0 aliphatic carbocycles. The number of hydrogen-bond donors (Lipinski definition) is 1. The summed E-state index contributed by atoms with van der Waals surface area (Å²) >= 11 is 0.